The van der Waals surface area contributed by atoms with Crippen molar-refractivity contribution < 1.29 is 18.7 Å². The van der Waals surface area contributed by atoms with Gasteiger partial charge in [-0.1, -0.05) is 12.1 Å². The molecule has 150 valence electrons. The summed E-state index contributed by atoms with van der Waals surface area (Å²) in [6, 6.07) is 12.9. The average Bonchev–Trinajstić information content (AvgIpc) is 3.09. The average molecular weight is 396 g/mol. The van der Waals surface area contributed by atoms with Crippen molar-refractivity contribution in [2.45, 2.75) is 13.8 Å². The molecule has 0 fully saturated rings. The van der Waals surface area contributed by atoms with Crippen molar-refractivity contribution in [3.05, 3.63) is 71.8 Å². The normalized spacial score (nSPS) is 10.4. The number of carbonyl (C=O) groups excluding carboxylic acids is 2. The van der Waals surface area contributed by atoms with Gasteiger partial charge in [0, 0.05) is 12.2 Å². The number of rotatable bonds is 7. The van der Waals surface area contributed by atoms with E-state index in [1.165, 1.54) is 16.9 Å². The summed E-state index contributed by atoms with van der Waals surface area (Å²) in [7, 11) is 0. The number of nitrogens with one attached hydrogen (secondary N) is 2. The number of benzene rings is 2. The highest BCUT2D eigenvalue weighted by atomic mass is 19.1. The lowest BCUT2D eigenvalue weighted by Crippen LogP contribution is -2.28. The number of ether oxygens (including phenoxy) is 1. The Labute approximate surface area is 167 Å². The number of anilines is 1. The van der Waals surface area contributed by atoms with Crippen molar-refractivity contribution >= 4 is 17.5 Å². The van der Waals surface area contributed by atoms with Crippen molar-refractivity contribution in [1.82, 2.24) is 15.1 Å². The number of carbonyl (C=O) groups is 2. The molecule has 3 aromatic rings. The zero-order valence-corrected chi connectivity index (χ0v) is 16.1. The summed E-state index contributed by atoms with van der Waals surface area (Å²) < 4.78 is 20.8. The number of hydrogen-bond acceptors (Lipinski definition) is 4. The first-order valence-corrected chi connectivity index (χ1v) is 9.10. The fourth-order valence-electron chi connectivity index (χ4n) is 2.73. The van der Waals surface area contributed by atoms with E-state index in [1.54, 1.807) is 49.4 Å². The highest BCUT2D eigenvalue weighted by Crippen LogP contribution is 2.20. The van der Waals surface area contributed by atoms with Gasteiger partial charge in [-0.3, -0.25) is 9.59 Å². The molecule has 3 rings (SSSR count). The smallest absolute Gasteiger partial charge is 0.259 e. The Kier molecular flexibility index (Phi) is 6.23. The molecule has 1 heterocycles. The van der Waals surface area contributed by atoms with E-state index in [1.807, 2.05) is 6.92 Å². The number of halogens is 1. The summed E-state index contributed by atoms with van der Waals surface area (Å²) >= 11 is 0. The summed E-state index contributed by atoms with van der Waals surface area (Å²) in [4.78, 5) is 24.0. The van der Waals surface area contributed by atoms with Crippen LogP contribution in [0.4, 0.5) is 10.1 Å². The molecule has 0 spiro atoms. The summed E-state index contributed by atoms with van der Waals surface area (Å²) in [5.41, 5.74) is 1.69. The molecule has 0 unspecified atom stereocenters. The third kappa shape index (κ3) is 4.78. The van der Waals surface area contributed by atoms with E-state index in [0.717, 1.165) is 0 Å². The number of aromatic nitrogens is 2. The molecule has 0 radical (unpaired) electrons. The quantitative estimate of drug-likeness (QED) is 0.643. The van der Waals surface area contributed by atoms with E-state index in [-0.39, 0.29) is 24.1 Å². The first-order chi connectivity index (χ1) is 14.0. The number of amides is 2. The molecule has 0 aliphatic rings. The monoisotopic (exact) mass is 396 g/mol. The molecule has 0 saturated heterocycles. The van der Waals surface area contributed by atoms with Gasteiger partial charge in [-0.15, -0.1) is 0 Å². The molecule has 2 aromatic carbocycles. The molecule has 0 aliphatic carbocycles. The second-order valence-corrected chi connectivity index (χ2v) is 6.23. The first-order valence-electron chi connectivity index (χ1n) is 9.10. The highest BCUT2D eigenvalue weighted by Gasteiger charge is 2.17. The van der Waals surface area contributed by atoms with Crippen LogP contribution >= 0.6 is 0 Å². The van der Waals surface area contributed by atoms with E-state index < -0.39 is 5.82 Å². The van der Waals surface area contributed by atoms with Crippen molar-refractivity contribution in [2.75, 3.05) is 18.5 Å². The van der Waals surface area contributed by atoms with Crippen LogP contribution in [0.2, 0.25) is 0 Å². The van der Waals surface area contributed by atoms with Gasteiger partial charge in [0.05, 0.1) is 17.5 Å². The van der Waals surface area contributed by atoms with Gasteiger partial charge in [0.1, 0.15) is 17.3 Å². The molecule has 7 nitrogen and oxygen atoms in total. The predicted octanol–water partition coefficient (Wildman–Crippen LogP) is 3.09. The van der Waals surface area contributed by atoms with E-state index in [9.17, 15) is 14.0 Å². The number of para-hydroxylation sites is 1. The van der Waals surface area contributed by atoms with Crippen molar-refractivity contribution in [3.8, 4) is 11.4 Å². The lowest BCUT2D eigenvalue weighted by atomic mass is 10.2. The van der Waals surface area contributed by atoms with Crippen molar-refractivity contribution in [1.29, 1.82) is 0 Å². The van der Waals surface area contributed by atoms with E-state index in [0.29, 0.717) is 29.2 Å². The Morgan fingerprint density at radius 1 is 1.14 bits per heavy atom. The van der Waals surface area contributed by atoms with Crippen LogP contribution in [0.1, 0.15) is 23.0 Å². The maximum absolute atomic E-state index is 14.0. The number of likely N-dealkylation sites (N-methyl/N-ethyl adjacent to an activating group) is 1. The Bertz CT molecular complexity index is 1020. The Morgan fingerprint density at radius 2 is 1.86 bits per heavy atom. The standard InChI is InChI=1S/C21H21FN4O3/c1-3-23-20(27)13-29-16-10-8-15(9-11-16)25-21(28)17-12-24-26(14(17)2)19-7-5-4-6-18(19)22/h4-12H,3,13H2,1-2H3,(H,23,27)(H,25,28). The molecular formula is C21H21FN4O3. The molecule has 2 amide bonds. The van der Waals surface area contributed by atoms with Crippen LogP contribution in [0.25, 0.3) is 5.69 Å². The molecule has 0 aliphatic heterocycles. The molecule has 2 N–H and O–H groups in total. The van der Waals surface area contributed by atoms with Gasteiger partial charge in [-0.25, -0.2) is 9.07 Å². The third-order valence-electron chi connectivity index (χ3n) is 4.19. The fourth-order valence-corrected chi connectivity index (χ4v) is 2.73. The van der Waals surface area contributed by atoms with E-state index >= 15 is 0 Å². The summed E-state index contributed by atoms with van der Waals surface area (Å²) in [6.45, 7) is 4.00. The lowest BCUT2D eigenvalue weighted by molar-refractivity contribution is -0.122. The number of hydrogen-bond donors (Lipinski definition) is 2. The maximum Gasteiger partial charge on any atom is 0.259 e. The summed E-state index contributed by atoms with van der Waals surface area (Å²) in [5, 5.41) is 9.55. The zero-order chi connectivity index (χ0) is 20.8. The van der Waals surface area contributed by atoms with E-state index in [2.05, 4.69) is 15.7 Å². The third-order valence-corrected chi connectivity index (χ3v) is 4.19. The van der Waals surface area contributed by atoms with Crippen LogP contribution in [0.3, 0.4) is 0 Å². The van der Waals surface area contributed by atoms with Crippen LogP contribution in [0, 0.1) is 12.7 Å². The van der Waals surface area contributed by atoms with Crippen LogP contribution in [-0.2, 0) is 4.79 Å². The summed E-state index contributed by atoms with van der Waals surface area (Å²) in [5.74, 6) is -0.472. The van der Waals surface area contributed by atoms with Crippen LogP contribution in [0.15, 0.2) is 54.7 Å². The highest BCUT2D eigenvalue weighted by molar-refractivity contribution is 6.05. The molecule has 1 aromatic heterocycles. The first kappa shape index (κ1) is 20.1. The SMILES string of the molecule is CCNC(=O)COc1ccc(NC(=O)c2cnn(-c3ccccc3F)c2C)cc1. The van der Waals surface area contributed by atoms with Crippen LogP contribution in [-0.4, -0.2) is 34.7 Å². The minimum atomic E-state index is -0.422. The maximum atomic E-state index is 14.0. The summed E-state index contributed by atoms with van der Waals surface area (Å²) in [6.07, 6.45) is 1.40. The Morgan fingerprint density at radius 3 is 2.55 bits per heavy atom. The van der Waals surface area contributed by atoms with Crippen LogP contribution in [0.5, 0.6) is 5.75 Å². The molecule has 0 atom stereocenters. The minimum absolute atomic E-state index is 0.0754. The molecule has 8 heteroatoms. The number of nitrogens with zero attached hydrogens (tertiary/aromatic N) is 2. The second kappa shape index (κ2) is 9.01. The molecule has 0 saturated carbocycles. The second-order valence-electron chi connectivity index (χ2n) is 6.23. The van der Waals surface area contributed by atoms with Crippen LogP contribution < -0.4 is 15.4 Å². The van der Waals surface area contributed by atoms with Crippen molar-refractivity contribution in [2.24, 2.45) is 0 Å². The van der Waals surface area contributed by atoms with Gasteiger partial charge in [0.25, 0.3) is 11.8 Å². The fraction of sp³-hybridized carbons (Fsp3) is 0.190. The minimum Gasteiger partial charge on any atom is -0.484 e. The van der Waals surface area contributed by atoms with Gasteiger partial charge in [-0.05, 0) is 50.2 Å². The van der Waals surface area contributed by atoms with Gasteiger partial charge in [0.2, 0.25) is 0 Å². The van der Waals surface area contributed by atoms with Gasteiger partial charge >= 0.3 is 0 Å². The van der Waals surface area contributed by atoms with Gasteiger partial charge < -0.3 is 15.4 Å². The van der Waals surface area contributed by atoms with E-state index in [4.69, 9.17) is 4.74 Å². The lowest BCUT2D eigenvalue weighted by Gasteiger charge is -2.09. The van der Waals surface area contributed by atoms with Gasteiger partial charge in [-0.2, -0.15) is 5.10 Å². The van der Waals surface area contributed by atoms with Crippen molar-refractivity contribution in [3.63, 3.8) is 0 Å². The topological polar surface area (TPSA) is 85.2 Å². The molecule has 0 bridgehead atoms. The molecule has 29 heavy (non-hydrogen) atoms. The Hall–Kier alpha value is -3.68. The van der Waals surface area contributed by atoms with Gasteiger partial charge in [0.15, 0.2) is 6.61 Å². The largest absolute Gasteiger partial charge is 0.484 e. The molecular weight excluding hydrogens is 375 g/mol. The zero-order valence-electron chi connectivity index (χ0n) is 16.1. The Balaban J connectivity index is 1.66. The predicted molar refractivity (Wildman–Crippen MR) is 107 cm³/mol.